The lowest BCUT2D eigenvalue weighted by atomic mass is 10.1. The van der Waals surface area contributed by atoms with Gasteiger partial charge in [-0.15, -0.1) is 0 Å². The van der Waals surface area contributed by atoms with Gasteiger partial charge in [-0.25, -0.2) is 18.5 Å². The summed E-state index contributed by atoms with van der Waals surface area (Å²) in [5.74, 6) is 1.20. The lowest BCUT2D eigenvalue weighted by Crippen LogP contribution is -2.42. The molecule has 164 valence electrons. The number of nitrogens with one attached hydrogen (secondary N) is 2. The number of carbonyl (C=O) groups is 1. The Morgan fingerprint density at radius 3 is 2.43 bits per heavy atom. The molecule has 1 heterocycles. The van der Waals surface area contributed by atoms with Gasteiger partial charge < -0.3 is 20.1 Å². The maximum Gasteiger partial charge on any atom is 0.241 e. The van der Waals surface area contributed by atoms with Crippen LogP contribution in [0.5, 0.6) is 0 Å². The van der Waals surface area contributed by atoms with E-state index < -0.39 is 10.0 Å². The molecule has 4 N–H and O–H groups in total. The molecule has 2 aromatic rings. The summed E-state index contributed by atoms with van der Waals surface area (Å²) in [6.45, 7) is 4.72. The van der Waals surface area contributed by atoms with Gasteiger partial charge in [-0.3, -0.25) is 4.79 Å². The van der Waals surface area contributed by atoms with E-state index in [1.54, 1.807) is 26.2 Å². The molecular formula is C19H28N6O4S. The highest BCUT2D eigenvalue weighted by Gasteiger charge is 2.10. The van der Waals surface area contributed by atoms with Crippen LogP contribution in [0.4, 0.5) is 0 Å². The molecule has 0 atom stereocenters. The van der Waals surface area contributed by atoms with Gasteiger partial charge in [0.05, 0.1) is 30.2 Å². The van der Waals surface area contributed by atoms with Crippen LogP contribution in [-0.2, 0) is 27.9 Å². The minimum absolute atomic E-state index is 0.0366. The summed E-state index contributed by atoms with van der Waals surface area (Å²) in [5.41, 5.74) is 1.64. The van der Waals surface area contributed by atoms with Gasteiger partial charge in [0.1, 0.15) is 0 Å². The molecule has 0 saturated heterocycles. The van der Waals surface area contributed by atoms with Gasteiger partial charge >= 0.3 is 0 Å². The number of rotatable bonds is 8. The number of amides is 1. The first kappa shape index (κ1) is 23.4. The van der Waals surface area contributed by atoms with Crippen LogP contribution in [0.3, 0.4) is 0 Å². The van der Waals surface area contributed by atoms with Gasteiger partial charge in [0.15, 0.2) is 11.7 Å². The Balaban J connectivity index is 2.07. The molecule has 0 saturated carbocycles. The van der Waals surface area contributed by atoms with Crippen molar-refractivity contribution < 1.29 is 17.7 Å². The van der Waals surface area contributed by atoms with Crippen molar-refractivity contribution in [3.05, 3.63) is 47.3 Å². The van der Waals surface area contributed by atoms with Crippen molar-refractivity contribution in [2.75, 3.05) is 20.6 Å². The second-order valence-corrected chi connectivity index (χ2v) is 8.78. The van der Waals surface area contributed by atoms with E-state index in [9.17, 15) is 13.2 Å². The molecule has 10 nitrogen and oxygen atoms in total. The molecule has 0 aliphatic rings. The lowest BCUT2D eigenvalue weighted by Gasteiger charge is -2.14. The van der Waals surface area contributed by atoms with E-state index in [1.165, 1.54) is 17.0 Å². The summed E-state index contributed by atoms with van der Waals surface area (Å²) in [6, 6.07) is 8.00. The zero-order valence-corrected chi connectivity index (χ0v) is 18.4. The number of sulfonamides is 1. The highest BCUT2D eigenvalue weighted by molar-refractivity contribution is 7.89. The summed E-state index contributed by atoms with van der Waals surface area (Å²) < 4.78 is 28.0. The zero-order valence-electron chi connectivity index (χ0n) is 17.5. The van der Waals surface area contributed by atoms with Crippen LogP contribution in [0.25, 0.3) is 0 Å². The Morgan fingerprint density at radius 1 is 1.23 bits per heavy atom. The Bertz CT molecular complexity index is 981. The fraction of sp³-hybridized carbons (Fsp3) is 0.421. The third-order valence-corrected chi connectivity index (χ3v) is 5.11. The molecule has 11 heteroatoms. The molecule has 0 fully saturated rings. The molecule has 1 aromatic carbocycles. The average molecular weight is 437 g/mol. The minimum atomic E-state index is -3.74. The number of primary sulfonamides is 1. The Kier molecular flexibility index (Phi) is 7.95. The number of aliphatic imine (C=N–C) groups is 1. The number of carbonyl (C=O) groups excluding carboxylic acids is 1. The smallest absolute Gasteiger partial charge is 0.241 e. The molecule has 0 unspecified atom stereocenters. The summed E-state index contributed by atoms with van der Waals surface area (Å²) in [6.07, 6.45) is 0. The van der Waals surface area contributed by atoms with Crippen molar-refractivity contribution in [3.63, 3.8) is 0 Å². The standard InChI is InChI=1S/C19H28N6O4S/c1-13(2)17-9-15(29-24-17)11-22-19(23-12-18(26)25(3)4)21-10-14-5-7-16(8-6-14)30(20,27)28/h5-9,13H,10-12H2,1-4H3,(H2,20,27,28)(H2,21,22,23). The third-order valence-electron chi connectivity index (χ3n) is 4.18. The normalized spacial score (nSPS) is 12.1. The van der Waals surface area contributed by atoms with Gasteiger partial charge in [0.25, 0.3) is 0 Å². The minimum Gasteiger partial charge on any atom is -0.359 e. The van der Waals surface area contributed by atoms with Crippen molar-refractivity contribution in [2.45, 2.75) is 37.8 Å². The highest BCUT2D eigenvalue weighted by atomic mass is 32.2. The maximum atomic E-state index is 11.9. The average Bonchev–Trinajstić information content (AvgIpc) is 3.16. The summed E-state index contributed by atoms with van der Waals surface area (Å²) >= 11 is 0. The molecule has 0 bridgehead atoms. The Labute approximate surface area is 176 Å². The molecule has 1 amide bonds. The summed E-state index contributed by atoms with van der Waals surface area (Å²) in [4.78, 5) is 17.9. The van der Waals surface area contributed by atoms with E-state index in [0.717, 1.165) is 11.3 Å². The Morgan fingerprint density at radius 2 is 1.90 bits per heavy atom. The SMILES string of the molecule is CC(C)c1cc(CNC(=NCc2ccc(S(N)(=O)=O)cc2)NCC(=O)N(C)C)on1. The molecule has 0 aliphatic carbocycles. The molecule has 0 radical (unpaired) electrons. The number of benzene rings is 1. The fourth-order valence-corrected chi connectivity index (χ4v) is 2.82. The van der Waals surface area contributed by atoms with Crippen LogP contribution in [0.1, 0.15) is 36.8 Å². The van der Waals surface area contributed by atoms with Crippen LogP contribution >= 0.6 is 0 Å². The van der Waals surface area contributed by atoms with E-state index in [2.05, 4.69) is 20.8 Å². The third kappa shape index (κ3) is 7.16. The van der Waals surface area contributed by atoms with Gasteiger partial charge in [0.2, 0.25) is 15.9 Å². The maximum absolute atomic E-state index is 11.9. The van der Waals surface area contributed by atoms with Crippen LogP contribution in [0.2, 0.25) is 0 Å². The Hall–Kier alpha value is -2.92. The number of guanidine groups is 1. The predicted molar refractivity (Wildman–Crippen MR) is 113 cm³/mol. The van der Waals surface area contributed by atoms with Gasteiger partial charge in [0, 0.05) is 20.2 Å². The van der Waals surface area contributed by atoms with Crippen LogP contribution < -0.4 is 15.8 Å². The second kappa shape index (κ2) is 10.2. The molecular weight excluding hydrogens is 408 g/mol. The summed E-state index contributed by atoms with van der Waals surface area (Å²) in [5, 5.41) is 15.2. The first-order chi connectivity index (χ1) is 14.1. The van der Waals surface area contributed by atoms with Crippen molar-refractivity contribution in [3.8, 4) is 0 Å². The van der Waals surface area contributed by atoms with Gasteiger partial charge in [-0.05, 0) is 23.6 Å². The quantitative estimate of drug-likeness (QED) is 0.410. The van der Waals surface area contributed by atoms with Crippen molar-refractivity contribution in [1.29, 1.82) is 0 Å². The van der Waals surface area contributed by atoms with Crippen molar-refractivity contribution >= 4 is 21.9 Å². The fourth-order valence-electron chi connectivity index (χ4n) is 2.30. The van der Waals surface area contributed by atoms with E-state index in [4.69, 9.17) is 9.66 Å². The largest absolute Gasteiger partial charge is 0.359 e. The number of hydrogen-bond donors (Lipinski definition) is 3. The number of likely N-dealkylation sites (N-methyl/N-ethyl adjacent to an activating group) is 1. The molecule has 0 aliphatic heterocycles. The van der Waals surface area contributed by atoms with Crippen LogP contribution in [0, 0.1) is 0 Å². The highest BCUT2D eigenvalue weighted by Crippen LogP contribution is 2.14. The number of nitrogens with zero attached hydrogens (tertiary/aromatic N) is 3. The van der Waals surface area contributed by atoms with E-state index >= 15 is 0 Å². The molecule has 30 heavy (non-hydrogen) atoms. The molecule has 2 rings (SSSR count). The first-order valence-electron chi connectivity index (χ1n) is 9.36. The van der Waals surface area contributed by atoms with E-state index in [-0.39, 0.29) is 29.8 Å². The predicted octanol–water partition coefficient (Wildman–Crippen LogP) is 0.769. The first-order valence-corrected chi connectivity index (χ1v) is 10.9. The van der Waals surface area contributed by atoms with Crippen LogP contribution in [0.15, 0.2) is 44.7 Å². The van der Waals surface area contributed by atoms with E-state index in [1.807, 2.05) is 19.9 Å². The lowest BCUT2D eigenvalue weighted by molar-refractivity contribution is -0.127. The number of aromatic nitrogens is 1. The monoisotopic (exact) mass is 436 g/mol. The van der Waals surface area contributed by atoms with Gasteiger partial charge in [-0.2, -0.15) is 0 Å². The van der Waals surface area contributed by atoms with Gasteiger partial charge in [-0.1, -0.05) is 31.1 Å². The topological polar surface area (TPSA) is 143 Å². The number of hydrogen-bond acceptors (Lipinski definition) is 6. The number of nitrogens with two attached hydrogens (primary N) is 1. The van der Waals surface area contributed by atoms with Crippen molar-refractivity contribution in [2.24, 2.45) is 10.1 Å². The summed E-state index contributed by atoms with van der Waals surface area (Å²) in [7, 11) is -0.400. The van der Waals surface area contributed by atoms with Crippen LogP contribution in [-0.4, -0.2) is 51.0 Å². The second-order valence-electron chi connectivity index (χ2n) is 7.22. The molecule has 1 aromatic heterocycles. The van der Waals surface area contributed by atoms with Crippen molar-refractivity contribution in [1.82, 2.24) is 20.7 Å². The van der Waals surface area contributed by atoms with E-state index in [0.29, 0.717) is 18.3 Å². The zero-order chi connectivity index (χ0) is 22.3. The molecule has 0 spiro atoms.